The van der Waals surface area contributed by atoms with Crippen molar-refractivity contribution in [3.05, 3.63) is 22.4 Å². The quantitative estimate of drug-likeness (QED) is 0.795. The molecule has 3 N–H and O–H groups in total. The highest BCUT2D eigenvalue weighted by Crippen LogP contribution is 2.23. The summed E-state index contributed by atoms with van der Waals surface area (Å²) in [7, 11) is 0. The molecular formula is C14H22N2O2S. The van der Waals surface area contributed by atoms with E-state index >= 15 is 0 Å². The van der Waals surface area contributed by atoms with Crippen LogP contribution in [-0.2, 0) is 0 Å². The van der Waals surface area contributed by atoms with Gasteiger partial charge in [0.2, 0.25) is 0 Å². The second-order valence-electron chi connectivity index (χ2n) is 5.40. The summed E-state index contributed by atoms with van der Waals surface area (Å²) in [4.78, 5) is 11.8. The Balaban J connectivity index is 1.69. The molecule has 5 heteroatoms. The van der Waals surface area contributed by atoms with Crippen LogP contribution in [0.2, 0.25) is 0 Å². The van der Waals surface area contributed by atoms with Crippen LogP contribution in [0.4, 0.5) is 4.79 Å². The smallest absolute Gasteiger partial charge is 0.315 e. The van der Waals surface area contributed by atoms with Gasteiger partial charge in [0.1, 0.15) is 0 Å². The zero-order chi connectivity index (χ0) is 13.7. The molecule has 0 saturated heterocycles. The van der Waals surface area contributed by atoms with E-state index in [2.05, 4.69) is 17.6 Å². The van der Waals surface area contributed by atoms with Crippen LogP contribution in [0.15, 0.2) is 16.8 Å². The fourth-order valence-corrected chi connectivity index (χ4v) is 3.28. The molecule has 0 aliphatic heterocycles. The number of nitrogens with one attached hydrogen (secondary N) is 2. The summed E-state index contributed by atoms with van der Waals surface area (Å²) in [5, 5.41) is 19.4. The number of carbonyl (C=O) groups excluding carboxylic acids is 1. The Bertz CT molecular complexity index is 394. The van der Waals surface area contributed by atoms with E-state index in [0.29, 0.717) is 5.92 Å². The highest BCUT2D eigenvalue weighted by Gasteiger charge is 2.20. The molecule has 1 saturated carbocycles. The third kappa shape index (κ3) is 4.51. The highest BCUT2D eigenvalue weighted by atomic mass is 32.1. The van der Waals surface area contributed by atoms with Gasteiger partial charge in [0.05, 0.1) is 6.10 Å². The number of urea groups is 1. The largest absolute Gasteiger partial charge is 0.387 e. The first-order valence-electron chi connectivity index (χ1n) is 6.89. The molecule has 1 aliphatic rings. The van der Waals surface area contributed by atoms with Gasteiger partial charge in [-0.05, 0) is 41.1 Å². The molecule has 1 aromatic heterocycles. The molecule has 3 atom stereocenters. The maximum atomic E-state index is 11.8. The Morgan fingerprint density at radius 1 is 1.58 bits per heavy atom. The lowest BCUT2D eigenvalue weighted by Gasteiger charge is -2.27. The van der Waals surface area contributed by atoms with E-state index in [-0.39, 0.29) is 18.6 Å². The van der Waals surface area contributed by atoms with E-state index in [4.69, 9.17) is 0 Å². The normalized spacial score (nSPS) is 24.7. The number of hydrogen-bond donors (Lipinski definition) is 3. The standard InChI is InChI=1S/C14H22N2O2S/c1-10-3-2-4-12(7-10)16-14(18)15-8-13(17)11-5-6-19-9-11/h5-6,9-10,12-13,17H,2-4,7-8H2,1H3,(H2,15,16,18). The van der Waals surface area contributed by atoms with Crippen LogP contribution in [0.25, 0.3) is 0 Å². The summed E-state index contributed by atoms with van der Waals surface area (Å²) in [6, 6.07) is 1.98. The van der Waals surface area contributed by atoms with Crippen molar-refractivity contribution >= 4 is 17.4 Å². The summed E-state index contributed by atoms with van der Waals surface area (Å²) < 4.78 is 0. The number of carbonyl (C=O) groups is 1. The van der Waals surface area contributed by atoms with Crippen molar-refractivity contribution in [3.63, 3.8) is 0 Å². The number of thiophene rings is 1. The minimum absolute atomic E-state index is 0.173. The van der Waals surface area contributed by atoms with Crippen LogP contribution in [0.1, 0.15) is 44.3 Å². The number of hydrogen-bond acceptors (Lipinski definition) is 3. The van der Waals surface area contributed by atoms with Gasteiger partial charge < -0.3 is 15.7 Å². The lowest BCUT2D eigenvalue weighted by Crippen LogP contribution is -2.44. The van der Waals surface area contributed by atoms with E-state index in [9.17, 15) is 9.90 Å². The van der Waals surface area contributed by atoms with Crippen LogP contribution < -0.4 is 10.6 Å². The van der Waals surface area contributed by atoms with E-state index in [1.165, 1.54) is 12.8 Å². The summed E-state index contributed by atoms with van der Waals surface area (Å²) in [5.74, 6) is 0.690. The zero-order valence-electron chi connectivity index (χ0n) is 11.3. The van der Waals surface area contributed by atoms with E-state index in [1.54, 1.807) is 11.3 Å². The second kappa shape index (κ2) is 6.91. The van der Waals surface area contributed by atoms with Crippen molar-refractivity contribution in [3.8, 4) is 0 Å². The van der Waals surface area contributed by atoms with E-state index in [0.717, 1.165) is 18.4 Å². The second-order valence-corrected chi connectivity index (χ2v) is 6.18. The molecule has 1 fully saturated rings. The molecule has 0 radical (unpaired) electrons. The van der Waals surface area contributed by atoms with Crippen molar-refractivity contribution < 1.29 is 9.90 Å². The predicted octanol–water partition coefficient (Wildman–Crippen LogP) is 2.66. The number of aliphatic hydroxyl groups is 1. The van der Waals surface area contributed by atoms with Gasteiger partial charge in [0, 0.05) is 12.6 Å². The summed E-state index contributed by atoms with van der Waals surface area (Å²) in [6.45, 7) is 2.48. The zero-order valence-corrected chi connectivity index (χ0v) is 12.1. The van der Waals surface area contributed by atoms with Gasteiger partial charge in [-0.25, -0.2) is 4.79 Å². The number of rotatable bonds is 4. The van der Waals surface area contributed by atoms with E-state index in [1.807, 2.05) is 16.8 Å². The van der Waals surface area contributed by atoms with Crippen molar-refractivity contribution in [1.29, 1.82) is 0 Å². The molecule has 0 spiro atoms. The summed E-state index contributed by atoms with van der Waals surface area (Å²) >= 11 is 1.54. The molecule has 1 aromatic rings. The third-order valence-corrected chi connectivity index (χ3v) is 4.36. The Labute approximate surface area is 118 Å². The van der Waals surface area contributed by atoms with Crippen LogP contribution in [0, 0.1) is 5.92 Å². The molecule has 3 unspecified atom stereocenters. The van der Waals surface area contributed by atoms with E-state index < -0.39 is 6.10 Å². The molecular weight excluding hydrogens is 260 g/mol. The average molecular weight is 282 g/mol. The van der Waals surface area contributed by atoms with Gasteiger partial charge in [0.15, 0.2) is 0 Å². The van der Waals surface area contributed by atoms with Gasteiger partial charge in [-0.15, -0.1) is 0 Å². The molecule has 0 bridgehead atoms. The molecule has 0 aromatic carbocycles. The minimum Gasteiger partial charge on any atom is -0.387 e. The Morgan fingerprint density at radius 3 is 3.11 bits per heavy atom. The molecule has 2 rings (SSSR count). The molecule has 1 aliphatic carbocycles. The Hall–Kier alpha value is -1.07. The third-order valence-electron chi connectivity index (χ3n) is 3.66. The summed E-state index contributed by atoms with van der Waals surface area (Å²) in [6.07, 6.45) is 3.94. The van der Waals surface area contributed by atoms with Gasteiger partial charge in [-0.3, -0.25) is 0 Å². The van der Waals surface area contributed by atoms with Gasteiger partial charge in [-0.2, -0.15) is 11.3 Å². The lowest BCUT2D eigenvalue weighted by molar-refractivity contribution is 0.171. The van der Waals surface area contributed by atoms with Crippen LogP contribution in [0.5, 0.6) is 0 Å². The van der Waals surface area contributed by atoms with Crippen molar-refractivity contribution in [2.24, 2.45) is 5.92 Å². The SMILES string of the molecule is CC1CCCC(NC(=O)NCC(O)c2ccsc2)C1. The van der Waals surface area contributed by atoms with Crippen molar-refractivity contribution in [1.82, 2.24) is 10.6 Å². The minimum atomic E-state index is -0.623. The Morgan fingerprint density at radius 2 is 2.42 bits per heavy atom. The monoisotopic (exact) mass is 282 g/mol. The van der Waals surface area contributed by atoms with Crippen LogP contribution >= 0.6 is 11.3 Å². The first-order chi connectivity index (χ1) is 9.15. The van der Waals surface area contributed by atoms with Gasteiger partial charge in [-0.1, -0.05) is 19.8 Å². The number of amides is 2. The van der Waals surface area contributed by atoms with Crippen molar-refractivity contribution in [2.45, 2.75) is 44.8 Å². The Kier molecular flexibility index (Phi) is 5.22. The summed E-state index contributed by atoms with van der Waals surface area (Å²) in [5.41, 5.74) is 0.858. The maximum absolute atomic E-state index is 11.8. The maximum Gasteiger partial charge on any atom is 0.315 e. The predicted molar refractivity (Wildman–Crippen MR) is 77.2 cm³/mol. The van der Waals surface area contributed by atoms with Gasteiger partial charge >= 0.3 is 6.03 Å². The molecule has 1 heterocycles. The first-order valence-corrected chi connectivity index (χ1v) is 7.84. The van der Waals surface area contributed by atoms with Crippen LogP contribution in [-0.4, -0.2) is 23.7 Å². The molecule has 2 amide bonds. The number of aliphatic hydroxyl groups excluding tert-OH is 1. The first kappa shape index (κ1) is 14.3. The molecule has 106 valence electrons. The fourth-order valence-electron chi connectivity index (χ4n) is 2.57. The van der Waals surface area contributed by atoms with Crippen molar-refractivity contribution in [2.75, 3.05) is 6.54 Å². The molecule has 4 nitrogen and oxygen atoms in total. The van der Waals surface area contributed by atoms with Crippen LogP contribution in [0.3, 0.4) is 0 Å². The lowest BCUT2D eigenvalue weighted by atomic mass is 9.87. The molecule has 19 heavy (non-hydrogen) atoms. The fraction of sp³-hybridized carbons (Fsp3) is 0.643. The highest BCUT2D eigenvalue weighted by molar-refractivity contribution is 7.07. The topological polar surface area (TPSA) is 61.4 Å². The average Bonchev–Trinajstić information content (AvgIpc) is 2.90. The van der Waals surface area contributed by atoms with Gasteiger partial charge in [0.25, 0.3) is 0 Å².